The highest BCUT2D eigenvalue weighted by Gasteiger charge is 2.24. The Balaban J connectivity index is 1.75. The van der Waals surface area contributed by atoms with Crippen molar-refractivity contribution in [1.82, 2.24) is 8.54 Å². The Kier molecular flexibility index (Phi) is 3.84. The first kappa shape index (κ1) is 16.8. The van der Waals surface area contributed by atoms with E-state index in [1.807, 2.05) is 65.5 Å². The fraction of sp³-hybridized carbons (Fsp3) is 0.0435. The van der Waals surface area contributed by atoms with Crippen molar-refractivity contribution >= 4 is 31.8 Å². The molecule has 0 radical (unpaired) electrons. The summed E-state index contributed by atoms with van der Waals surface area (Å²) in [6, 6.07) is 26.4. The van der Waals surface area contributed by atoms with E-state index in [2.05, 4.69) is 12.1 Å². The predicted molar refractivity (Wildman–Crippen MR) is 112 cm³/mol. The first-order chi connectivity index (χ1) is 13.6. The van der Waals surface area contributed by atoms with Crippen LogP contribution in [0.1, 0.15) is 5.56 Å². The van der Waals surface area contributed by atoms with Crippen LogP contribution in [0.4, 0.5) is 0 Å². The van der Waals surface area contributed by atoms with Crippen molar-refractivity contribution in [3.63, 3.8) is 0 Å². The quantitative estimate of drug-likeness (QED) is 0.442. The second-order valence-electron chi connectivity index (χ2n) is 6.81. The Morgan fingerprint density at radius 3 is 2.04 bits per heavy atom. The Morgan fingerprint density at radius 2 is 1.29 bits per heavy atom. The van der Waals surface area contributed by atoms with Crippen molar-refractivity contribution in [2.24, 2.45) is 0 Å². The van der Waals surface area contributed by atoms with E-state index in [1.54, 1.807) is 24.3 Å². The van der Waals surface area contributed by atoms with E-state index in [9.17, 15) is 8.42 Å². The maximum absolute atomic E-state index is 13.4. The molecule has 0 unspecified atom stereocenters. The van der Waals surface area contributed by atoms with Crippen molar-refractivity contribution < 1.29 is 8.42 Å². The average molecular weight is 386 g/mol. The van der Waals surface area contributed by atoms with Gasteiger partial charge in [-0.3, -0.25) is 0 Å². The minimum atomic E-state index is -3.71. The topological polar surface area (TPSA) is 44.0 Å². The fourth-order valence-corrected chi connectivity index (χ4v) is 5.25. The summed E-state index contributed by atoms with van der Waals surface area (Å²) in [5, 5.41) is 1.87. The monoisotopic (exact) mass is 386 g/mol. The van der Waals surface area contributed by atoms with E-state index in [4.69, 9.17) is 0 Å². The van der Waals surface area contributed by atoms with Crippen LogP contribution in [0, 0.1) is 0 Å². The number of benzene rings is 3. The Morgan fingerprint density at radius 1 is 0.643 bits per heavy atom. The van der Waals surface area contributed by atoms with Gasteiger partial charge in [-0.2, -0.15) is 0 Å². The van der Waals surface area contributed by atoms with Gasteiger partial charge < -0.3 is 4.57 Å². The zero-order chi connectivity index (χ0) is 19.1. The van der Waals surface area contributed by atoms with Gasteiger partial charge in [0.25, 0.3) is 10.0 Å². The molecule has 0 saturated carbocycles. The molecule has 0 fully saturated rings. The van der Waals surface area contributed by atoms with E-state index in [0.29, 0.717) is 17.6 Å². The molecule has 5 aromatic rings. The molecule has 138 valence electrons. The molecule has 0 aliphatic rings. The van der Waals surface area contributed by atoms with Crippen LogP contribution in [0.25, 0.3) is 21.8 Å². The number of fused-ring (bicyclic) bond motifs is 3. The lowest BCUT2D eigenvalue weighted by atomic mass is 10.2. The highest BCUT2D eigenvalue weighted by Crippen LogP contribution is 2.33. The van der Waals surface area contributed by atoms with Crippen LogP contribution in [-0.4, -0.2) is 17.0 Å². The van der Waals surface area contributed by atoms with Gasteiger partial charge in [0.2, 0.25) is 0 Å². The standard InChI is InChI=1S/C23H18N2O2S/c26-28(27,19-11-5-2-6-12-19)25-22-14-8-7-13-20(22)21-16-24(17-23(21)25)15-18-9-3-1-4-10-18/h1-14,16-17H,15H2. The van der Waals surface area contributed by atoms with Crippen LogP contribution in [-0.2, 0) is 16.6 Å². The van der Waals surface area contributed by atoms with Crippen molar-refractivity contribution in [1.29, 1.82) is 0 Å². The maximum atomic E-state index is 13.4. The van der Waals surface area contributed by atoms with Crippen molar-refractivity contribution in [2.45, 2.75) is 11.4 Å². The van der Waals surface area contributed by atoms with Gasteiger partial charge in [-0.1, -0.05) is 66.7 Å². The molecule has 0 N–H and O–H groups in total. The van der Waals surface area contributed by atoms with Crippen molar-refractivity contribution in [2.75, 3.05) is 0 Å². The Hall–Kier alpha value is -3.31. The van der Waals surface area contributed by atoms with Crippen LogP contribution < -0.4 is 0 Å². The summed E-state index contributed by atoms with van der Waals surface area (Å²) in [6.07, 6.45) is 3.95. The number of aromatic nitrogens is 2. The lowest BCUT2D eigenvalue weighted by molar-refractivity contribution is 0.590. The molecule has 0 saturated heterocycles. The van der Waals surface area contributed by atoms with Gasteiger partial charge in [-0.25, -0.2) is 12.4 Å². The number of nitrogens with zero attached hydrogens (tertiary/aromatic N) is 2. The predicted octanol–water partition coefficient (Wildman–Crippen LogP) is 4.88. The molecule has 0 aliphatic carbocycles. The molecule has 2 heterocycles. The van der Waals surface area contributed by atoms with Crippen LogP contribution in [0.2, 0.25) is 0 Å². The second-order valence-corrected chi connectivity index (χ2v) is 8.60. The number of hydrogen-bond acceptors (Lipinski definition) is 2. The molecule has 28 heavy (non-hydrogen) atoms. The zero-order valence-electron chi connectivity index (χ0n) is 15.1. The molecular formula is C23H18N2O2S. The summed E-state index contributed by atoms with van der Waals surface area (Å²) in [7, 11) is -3.71. The minimum absolute atomic E-state index is 0.286. The van der Waals surface area contributed by atoms with Crippen LogP contribution in [0.5, 0.6) is 0 Å². The summed E-state index contributed by atoms with van der Waals surface area (Å²) in [6.45, 7) is 0.690. The SMILES string of the molecule is O=S(=O)(c1ccccc1)n1c2ccccc2c2cn(Cc3ccccc3)cc21. The van der Waals surface area contributed by atoms with Gasteiger partial charge >= 0.3 is 0 Å². The molecule has 5 heteroatoms. The number of rotatable bonds is 4. The smallest absolute Gasteiger partial charge is 0.268 e. The molecule has 0 atom stereocenters. The molecule has 2 aromatic heterocycles. The fourth-order valence-electron chi connectivity index (χ4n) is 3.72. The Labute approximate surface area is 163 Å². The highest BCUT2D eigenvalue weighted by molar-refractivity contribution is 7.90. The third-order valence-corrected chi connectivity index (χ3v) is 6.72. The van der Waals surface area contributed by atoms with Gasteiger partial charge in [0.1, 0.15) is 0 Å². The summed E-state index contributed by atoms with van der Waals surface area (Å²) in [5.41, 5.74) is 2.56. The molecule has 0 aliphatic heterocycles. The first-order valence-corrected chi connectivity index (χ1v) is 10.5. The van der Waals surface area contributed by atoms with Crippen molar-refractivity contribution in [3.05, 3.63) is 103 Å². The van der Waals surface area contributed by atoms with Gasteiger partial charge in [-0.15, -0.1) is 0 Å². The lowest BCUT2D eigenvalue weighted by Crippen LogP contribution is -2.12. The second kappa shape index (κ2) is 6.39. The third kappa shape index (κ3) is 2.63. The lowest BCUT2D eigenvalue weighted by Gasteiger charge is -2.09. The molecule has 5 rings (SSSR count). The van der Waals surface area contributed by atoms with Crippen LogP contribution >= 0.6 is 0 Å². The van der Waals surface area contributed by atoms with E-state index in [1.165, 1.54) is 9.54 Å². The largest absolute Gasteiger partial charge is 0.347 e. The molecule has 0 bridgehead atoms. The van der Waals surface area contributed by atoms with Gasteiger partial charge in [0.05, 0.1) is 15.9 Å². The van der Waals surface area contributed by atoms with E-state index in [0.717, 1.165) is 10.8 Å². The summed E-state index contributed by atoms with van der Waals surface area (Å²) in [5.74, 6) is 0. The molecule has 3 aromatic carbocycles. The first-order valence-electron chi connectivity index (χ1n) is 9.08. The molecule has 0 spiro atoms. The summed E-state index contributed by atoms with van der Waals surface area (Å²) < 4.78 is 30.4. The molecular weight excluding hydrogens is 368 g/mol. The summed E-state index contributed by atoms with van der Waals surface area (Å²) in [4.78, 5) is 0.286. The van der Waals surface area contributed by atoms with Crippen LogP contribution in [0.15, 0.2) is 102 Å². The van der Waals surface area contributed by atoms with Crippen LogP contribution in [0.3, 0.4) is 0 Å². The van der Waals surface area contributed by atoms with Crippen molar-refractivity contribution in [3.8, 4) is 0 Å². The molecule has 0 amide bonds. The maximum Gasteiger partial charge on any atom is 0.268 e. The van der Waals surface area contributed by atoms with Gasteiger partial charge in [0, 0.05) is 29.7 Å². The van der Waals surface area contributed by atoms with E-state index in [-0.39, 0.29) is 4.90 Å². The zero-order valence-corrected chi connectivity index (χ0v) is 15.9. The highest BCUT2D eigenvalue weighted by atomic mass is 32.2. The average Bonchev–Trinajstić information content (AvgIpc) is 3.25. The number of hydrogen-bond donors (Lipinski definition) is 0. The minimum Gasteiger partial charge on any atom is -0.347 e. The normalized spacial score (nSPS) is 12.0. The van der Waals surface area contributed by atoms with Gasteiger partial charge in [0.15, 0.2) is 0 Å². The van der Waals surface area contributed by atoms with E-state index >= 15 is 0 Å². The van der Waals surface area contributed by atoms with Gasteiger partial charge in [-0.05, 0) is 23.8 Å². The Bertz CT molecular complexity index is 1380. The van der Waals surface area contributed by atoms with E-state index < -0.39 is 10.0 Å². The number of para-hydroxylation sites is 1. The third-order valence-electron chi connectivity index (χ3n) is 4.98. The molecule has 4 nitrogen and oxygen atoms in total. The summed E-state index contributed by atoms with van der Waals surface area (Å²) >= 11 is 0.